The number of hydrogen-bond donors (Lipinski definition) is 1. The lowest BCUT2D eigenvalue weighted by atomic mass is 10.1. The van der Waals surface area contributed by atoms with E-state index in [0.717, 1.165) is 16.9 Å². The number of aromatic nitrogens is 2. The molecule has 0 aliphatic carbocycles. The van der Waals surface area contributed by atoms with Crippen LogP contribution in [0.3, 0.4) is 0 Å². The lowest BCUT2D eigenvalue weighted by Crippen LogP contribution is -2.21. The fraction of sp³-hybridized carbons (Fsp3) is 0.227. The minimum atomic E-state index is -0.430. The maximum absolute atomic E-state index is 9.44. The Morgan fingerprint density at radius 3 is 2.53 bits per heavy atom. The highest BCUT2D eigenvalue weighted by molar-refractivity contribution is 6.37. The molecule has 0 amide bonds. The first kappa shape index (κ1) is 19.5. The summed E-state index contributed by atoms with van der Waals surface area (Å²) in [7, 11) is 3.98. The number of hydrogen-bond acceptors (Lipinski definition) is 7. The molecule has 3 aromatic rings. The number of anilines is 1. The van der Waals surface area contributed by atoms with Gasteiger partial charge in [0, 0.05) is 37.6 Å². The van der Waals surface area contributed by atoms with Crippen molar-refractivity contribution in [3.8, 4) is 17.3 Å². The lowest BCUT2D eigenvalue weighted by Gasteiger charge is -2.14. The molecule has 1 atom stereocenters. The van der Waals surface area contributed by atoms with E-state index in [1.54, 1.807) is 41.2 Å². The van der Waals surface area contributed by atoms with E-state index in [1.165, 1.54) is 0 Å². The van der Waals surface area contributed by atoms with E-state index in [9.17, 15) is 5.11 Å². The highest BCUT2D eigenvalue weighted by Gasteiger charge is 2.27. The Labute approximate surface area is 174 Å². The number of aliphatic imine (C=N–C) groups is 2. The van der Waals surface area contributed by atoms with Gasteiger partial charge in [-0.15, -0.1) is 5.10 Å². The van der Waals surface area contributed by atoms with Gasteiger partial charge in [0.05, 0.1) is 12.3 Å². The number of rotatable bonds is 5. The minimum absolute atomic E-state index is 0.199. The van der Waals surface area contributed by atoms with Gasteiger partial charge >= 0.3 is 0 Å². The van der Waals surface area contributed by atoms with Gasteiger partial charge in [-0.2, -0.15) is 0 Å². The Balaban J connectivity index is 1.57. The first-order valence-corrected chi connectivity index (χ1v) is 9.62. The van der Waals surface area contributed by atoms with E-state index in [2.05, 4.69) is 15.1 Å². The van der Waals surface area contributed by atoms with Gasteiger partial charge in [0.15, 0.2) is 6.17 Å². The van der Waals surface area contributed by atoms with Crippen molar-refractivity contribution in [1.29, 1.82) is 0 Å². The van der Waals surface area contributed by atoms with Gasteiger partial charge in [0.2, 0.25) is 5.88 Å². The first-order chi connectivity index (χ1) is 14.5. The summed E-state index contributed by atoms with van der Waals surface area (Å²) in [5.41, 5.74) is 2.82. The van der Waals surface area contributed by atoms with Gasteiger partial charge in [-0.1, -0.05) is 12.1 Å². The zero-order valence-electron chi connectivity index (χ0n) is 17.1. The number of phenolic OH excluding ortho intramolecular Hbond substituents is 1. The van der Waals surface area contributed by atoms with Crippen LogP contribution < -0.4 is 9.64 Å². The predicted octanol–water partition coefficient (Wildman–Crippen LogP) is 3.57. The molecule has 30 heavy (non-hydrogen) atoms. The molecule has 2 aromatic carbocycles. The molecule has 0 saturated heterocycles. The smallest absolute Gasteiger partial charge is 0.282 e. The molecule has 1 unspecified atom stereocenters. The molecule has 0 fully saturated rings. The van der Waals surface area contributed by atoms with Crippen molar-refractivity contribution in [2.24, 2.45) is 9.98 Å². The van der Waals surface area contributed by atoms with Crippen LogP contribution in [0.25, 0.3) is 5.69 Å². The van der Waals surface area contributed by atoms with Crippen molar-refractivity contribution >= 4 is 17.5 Å². The third-order valence-corrected chi connectivity index (χ3v) is 4.51. The Morgan fingerprint density at radius 1 is 1.03 bits per heavy atom. The molecule has 0 saturated carbocycles. The Bertz CT molecular complexity index is 1090. The monoisotopic (exact) mass is 405 g/mol. The summed E-state index contributed by atoms with van der Waals surface area (Å²) in [6.45, 7) is 2.34. The molecule has 1 aliphatic heterocycles. The fourth-order valence-electron chi connectivity index (χ4n) is 2.99. The SMILES string of the molecule is CCOC1=NC(c2cccc(N(C)C)c2)N=C1Oc1ccn(-c2ccc(O)cc2)n1. The summed E-state index contributed by atoms with van der Waals surface area (Å²) in [5, 5.41) is 13.9. The molecule has 4 rings (SSSR count). The summed E-state index contributed by atoms with van der Waals surface area (Å²) in [6.07, 6.45) is 1.34. The summed E-state index contributed by atoms with van der Waals surface area (Å²) in [6, 6.07) is 16.5. The molecular weight excluding hydrogens is 382 g/mol. The van der Waals surface area contributed by atoms with Crippen LogP contribution in [0, 0.1) is 0 Å². The van der Waals surface area contributed by atoms with Crippen LogP contribution >= 0.6 is 0 Å². The molecule has 1 N–H and O–H groups in total. The third-order valence-electron chi connectivity index (χ3n) is 4.51. The maximum atomic E-state index is 9.44. The van der Waals surface area contributed by atoms with Crippen LogP contribution in [0.15, 0.2) is 70.8 Å². The van der Waals surface area contributed by atoms with Crippen LogP contribution in [0.1, 0.15) is 18.7 Å². The zero-order chi connectivity index (χ0) is 21.1. The van der Waals surface area contributed by atoms with Gasteiger partial charge < -0.3 is 19.5 Å². The van der Waals surface area contributed by atoms with E-state index < -0.39 is 6.17 Å². The predicted molar refractivity (Wildman–Crippen MR) is 116 cm³/mol. The molecule has 2 heterocycles. The molecule has 0 bridgehead atoms. The second-order valence-corrected chi connectivity index (χ2v) is 6.88. The molecule has 0 spiro atoms. The average molecular weight is 405 g/mol. The fourth-order valence-corrected chi connectivity index (χ4v) is 2.99. The molecule has 8 nitrogen and oxygen atoms in total. The highest BCUT2D eigenvalue weighted by Crippen LogP contribution is 2.28. The number of benzene rings is 2. The van der Waals surface area contributed by atoms with Crippen LogP contribution in [0.4, 0.5) is 5.69 Å². The number of phenols is 1. The van der Waals surface area contributed by atoms with Crippen molar-refractivity contribution in [3.63, 3.8) is 0 Å². The summed E-state index contributed by atoms with van der Waals surface area (Å²) < 4.78 is 13.2. The molecular formula is C22H23N5O3. The molecule has 1 aromatic heterocycles. The van der Waals surface area contributed by atoms with Crippen molar-refractivity contribution in [2.75, 3.05) is 25.6 Å². The molecule has 8 heteroatoms. The van der Waals surface area contributed by atoms with Crippen LogP contribution in [0.5, 0.6) is 11.6 Å². The molecule has 0 radical (unpaired) electrons. The van der Waals surface area contributed by atoms with Gasteiger partial charge in [-0.3, -0.25) is 0 Å². The minimum Gasteiger partial charge on any atom is -0.508 e. The average Bonchev–Trinajstić information content (AvgIpc) is 3.37. The van der Waals surface area contributed by atoms with Crippen molar-refractivity contribution in [1.82, 2.24) is 9.78 Å². The molecule has 154 valence electrons. The van der Waals surface area contributed by atoms with E-state index in [-0.39, 0.29) is 5.75 Å². The van der Waals surface area contributed by atoms with Crippen LogP contribution in [-0.4, -0.2) is 47.4 Å². The Morgan fingerprint density at radius 2 is 1.80 bits per heavy atom. The Hall–Kier alpha value is -3.81. The standard InChI is InChI=1S/C22H23N5O3/c1-4-29-21-22(24-20(23-21)15-6-5-7-17(14-15)26(2)3)30-19-12-13-27(25-19)16-8-10-18(28)11-9-16/h5-14,20,28H,4H2,1-3H3. The van der Waals surface area contributed by atoms with Gasteiger partial charge in [-0.05, 0) is 43.3 Å². The van der Waals surface area contributed by atoms with Gasteiger partial charge in [0.1, 0.15) is 5.75 Å². The van der Waals surface area contributed by atoms with E-state index in [4.69, 9.17) is 9.47 Å². The number of nitrogens with zero attached hydrogens (tertiary/aromatic N) is 5. The van der Waals surface area contributed by atoms with Crippen molar-refractivity contribution in [2.45, 2.75) is 13.1 Å². The maximum Gasteiger partial charge on any atom is 0.282 e. The second kappa shape index (κ2) is 8.28. The first-order valence-electron chi connectivity index (χ1n) is 9.62. The topological polar surface area (TPSA) is 84.5 Å². The van der Waals surface area contributed by atoms with Crippen LogP contribution in [-0.2, 0) is 4.74 Å². The van der Waals surface area contributed by atoms with E-state index in [0.29, 0.717) is 24.3 Å². The van der Waals surface area contributed by atoms with Gasteiger partial charge in [0.25, 0.3) is 11.8 Å². The van der Waals surface area contributed by atoms with E-state index in [1.807, 2.05) is 50.2 Å². The van der Waals surface area contributed by atoms with Crippen LogP contribution in [0.2, 0.25) is 0 Å². The highest BCUT2D eigenvalue weighted by atomic mass is 16.5. The zero-order valence-corrected chi connectivity index (χ0v) is 17.1. The van der Waals surface area contributed by atoms with E-state index >= 15 is 0 Å². The number of ether oxygens (including phenoxy) is 2. The third kappa shape index (κ3) is 4.12. The molecule has 1 aliphatic rings. The summed E-state index contributed by atoms with van der Waals surface area (Å²) >= 11 is 0. The quantitative estimate of drug-likeness (QED) is 0.702. The largest absolute Gasteiger partial charge is 0.508 e. The van der Waals surface area contributed by atoms with Crippen molar-refractivity contribution < 1.29 is 14.6 Å². The normalized spacial score (nSPS) is 15.5. The Kier molecular flexibility index (Phi) is 5.38. The summed E-state index contributed by atoms with van der Waals surface area (Å²) in [5.74, 6) is 1.23. The van der Waals surface area contributed by atoms with Gasteiger partial charge in [-0.25, -0.2) is 14.7 Å². The van der Waals surface area contributed by atoms with Crippen molar-refractivity contribution in [3.05, 3.63) is 66.4 Å². The summed E-state index contributed by atoms with van der Waals surface area (Å²) in [4.78, 5) is 11.2. The lowest BCUT2D eigenvalue weighted by molar-refractivity contribution is 0.327. The number of aromatic hydroxyl groups is 1. The second-order valence-electron chi connectivity index (χ2n) is 6.88.